The van der Waals surface area contributed by atoms with Gasteiger partial charge in [0.1, 0.15) is 0 Å². The highest BCUT2D eigenvalue weighted by molar-refractivity contribution is 5.22. The molecule has 0 aromatic rings. The van der Waals surface area contributed by atoms with E-state index < -0.39 is 0 Å². The molecule has 0 nitrogen and oxygen atoms in total. The summed E-state index contributed by atoms with van der Waals surface area (Å²) in [5, 5.41) is 0. The summed E-state index contributed by atoms with van der Waals surface area (Å²) in [6, 6.07) is 0. The van der Waals surface area contributed by atoms with Crippen LogP contribution in [0.3, 0.4) is 0 Å². The highest BCUT2D eigenvalue weighted by atomic mass is 14.3. The summed E-state index contributed by atoms with van der Waals surface area (Å²) in [5.74, 6) is 2.49. The van der Waals surface area contributed by atoms with E-state index in [1.54, 1.807) is 11.1 Å². The second-order valence-corrected chi connectivity index (χ2v) is 8.30. The minimum absolute atomic E-state index is 0.437. The van der Waals surface area contributed by atoms with Gasteiger partial charge in [-0.1, -0.05) is 73.5 Å². The third kappa shape index (κ3) is 4.14. The summed E-state index contributed by atoms with van der Waals surface area (Å²) in [5.41, 5.74) is 4.12. The summed E-state index contributed by atoms with van der Waals surface area (Å²) >= 11 is 0. The lowest BCUT2D eigenvalue weighted by Gasteiger charge is -2.34. The van der Waals surface area contributed by atoms with E-state index in [-0.39, 0.29) is 0 Å². The Kier molecular flexibility index (Phi) is 5.72. The predicted molar refractivity (Wildman–Crippen MR) is 84.8 cm³/mol. The Bertz CT molecular complexity index is 263. The van der Waals surface area contributed by atoms with Gasteiger partial charge in [0.25, 0.3) is 0 Å². The highest BCUT2D eigenvalue weighted by Crippen LogP contribution is 2.40. The van der Waals surface area contributed by atoms with Crippen molar-refractivity contribution in [1.82, 2.24) is 0 Å². The first-order valence-electron chi connectivity index (χ1n) is 7.48. The smallest absolute Gasteiger partial charge is 0.0200 e. The van der Waals surface area contributed by atoms with E-state index in [9.17, 15) is 0 Å². The van der Waals surface area contributed by atoms with Gasteiger partial charge in [-0.15, -0.1) is 0 Å². The molecule has 0 saturated heterocycles. The molecular formula is C18H36. The average molecular weight is 252 g/mol. The number of hydrogen-bond acceptors (Lipinski definition) is 0. The van der Waals surface area contributed by atoms with Crippen molar-refractivity contribution in [1.29, 1.82) is 0 Å². The zero-order chi connectivity index (χ0) is 14.9. The lowest BCUT2D eigenvalue weighted by molar-refractivity contribution is 0.157. The monoisotopic (exact) mass is 252 g/mol. The molecule has 0 aliphatic heterocycles. The molecule has 0 saturated carbocycles. The van der Waals surface area contributed by atoms with E-state index in [4.69, 9.17) is 0 Å². The van der Waals surface area contributed by atoms with Crippen molar-refractivity contribution in [3.63, 3.8) is 0 Å². The first-order chi connectivity index (χ1) is 7.80. The third-order valence-electron chi connectivity index (χ3n) is 5.82. The SMILES string of the molecule is CC(C)(C)C(C)(C)C.CC1=C(C)C(C)C(C)C1C. The van der Waals surface area contributed by atoms with Crippen LogP contribution in [-0.2, 0) is 0 Å². The number of rotatable bonds is 0. The Labute approximate surface area is 116 Å². The van der Waals surface area contributed by atoms with Crippen molar-refractivity contribution < 1.29 is 0 Å². The molecule has 0 N–H and O–H groups in total. The standard InChI is InChI=1S/C10H18.C8H18/c1-6-7(2)9(4)10(5)8(6)3;1-7(2,3)8(4,5)6/h6-8H,1-5H3;1-6H3. The fourth-order valence-corrected chi connectivity index (χ4v) is 1.94. The third-order valence-corrected chi connectivity index (χ3v) is 5.82. The van der Waals surface area contributed by atoms with Gasteiger partial charge in [-0.25, -0.2) is 0 Å². The second kappa shape index (κ2) is 5.80. The molecular weight excluding hydrogens is 216 g/mol. The van der Waals surface area contributed by atoms with E-state index in [0.29, 0.717) is 10.8 Å². The molecule has 1 rings (SSSR count). The van der Waals surface area contributed by atoms with Crippen LogP contribution in [0, 0.1) is 28.6 Å². The van der Waals surface area contributed by atoms with Crippen molar-refractivity contribution >= 4 is 0 Å². The molecule has 18 heavy (non-hydrogen) atoms. The van der Waals surface area contributed by atoms with Crippen molar-refractivity contribution in [2.24, 2.45) is 28.6 Å². The van der Waals surface area contributed by atoms with Crippen molar-refractivity contribution in [2.75, 3.05) is 0 Å². The van der Waals surface area contributed by atoms with Gasteiger partial charge >= 0.3 is 0 Å². The van der Waals surface area contributed by atoms with Gasteiger partial charge in [-0.05, 0) is 42.4 Å². The molecule has 0 amide bonds. The summed E-state index contributed by atoms with van der Waals surface area (Å²) in [4.78, 5) is 0. The van der Waals surface area contributed by atoms with Gasteiger partial charge < -0.3 is 0 Å². The Morgan fingerprint density at radius 1 is 0.611 bits per heavy atom. The van der Waals surface area contributed by atoms with Gasteiger partial charge in [0.05, 0.1) is 0 Å². The maximum absolute atomic E-state index is 2.36. The van der Waals surface area contributed by atoms with Crippen molar-refractivity contribution in [2.45, 2.75) is 76.2 Å². The van der Waals surface area contributed by atoms with Gasteiger partial charge in [0.15, 0.2) is 0 Å². The van der Waals surface area contributed by atoms with Crippen molar-refractivity contribution in [3.8, 4) is 0 Å². The maximum atomic E-state index is 2.36. The van der Waals surface area contributed by atoms with Crippen LogP contribution in [0.2, 0.25) is 0 Å². The molecule has 0 aromatic heterocycles. The molecule has 108 valence electrons. The average Bonchev–Trinajstić information content (AvgIpc) is 2.35. The molecule has 0 heterocycles. The second-order valence-electron chi connectivity index (χ2n) is 8.30. The highest BCUT2D eigenvalue weighted by Gasteiger charge is 2.29. The Morgan fingerprint density at radius 2 is 0.833 bits per heavy atom. The van der Waals surface area contributed by atoms with E-state index in [1.165, 1.54) is 0 Å². The topological polar surface area (TPSA) is 0 Å². The zero-order valence-corrected chi connectivity index (χ0v) is 14.7. The van der Waals surface area contributed by atoms with Crippen LogP contribution < -0.4 is 0 Å². The van der Waals surface area contributed by atoms with Crippen LogP contribution in [0.15, 0.2) is 11.1 Å². The molecule has 0 aromatic carbocycles. The first-order valence-corrected chi connectivity index (χ1v) is 7.48. The Morgan fingerprint density at radius 3 is 0.889 bits per heavy atom. The number of allylic oxidation sites excluding steroid dienone is 2. The fraction of sp³-hybridized carbons (Fsp3) is 0.889. The fourth-order valence-electron chi connectivity index (χ4n) is 1.94. The first kappa shape index (κ1) is 17.7. The molecule has 0 fully saturated rings. The predicted octanol–water partition coefficient (Wildman–Crippen LogP) is 6.32. The lowest BCUT2D eigenvalue weighted by Crippen LogP contribution is -2.25. The molecule has 1 aliphatic carbocycles. The van der Waals surface area contributed by atoms with Crippen LogP contribution in [-0.4, -0.2) is 0 Å². The molecule has 0 heteroatoms. The summed E-state index contributed by atoms with van der Waals surface area (Å²) in [6.07, 6.45) is 0. The van der Waals surface area contributed by atoms with E-state index in [1.807, 2.05) is 0 Å². The molecule has 1 aliphatic rings. The largest absolute Gasteiger partial charge is 0.0710 e. The minimum atomic E-state index is 0.437. The van der Waals surface area contributed by atoms with Crippen LogP contribution >= 0.6 is 0 Å². The molecule has 2 atom stereocenters. The van der Waals surface area contributed by atoms with E-state index in [2.05, 4.69) is 76.2 Å². The van der Waals surface area contributed by atoms with Crippen molar-refractivity contribution in [3.05, 3.63) is 11.1 Å². The van der Waals surface area contributed by atoms with Gasteiger partial charge in [0, 0.05) is 0 Å². The van der Waals surface area contributed by atoms with Gasteiger partial charge in [-0.3, -0.25) is 0 Å². The van der Waals surface area contributed by atoms with Crippen LogP contribution in [0.1, 0.15) is 76.2 Å². The Balaban J connectivity index is 0.000000331. The van der Waals surface area contributed by atoms with E-state index in [0.717, 1.165) is 17.8 Å². The summed E-state index contributed by atoms with van der Waals surface area (Å²) in [6.45, 7) is 25.2. The summed E-state index contributed by atoms with van der Waals surface area (Å²) in [7, 11) is 0. The molecule has 0 spiro atoms. The lowest BCUT2D eigenvalue weighted by atomic mass is 9.71. The minimum Gasteiger partial charge on any atom is -0.0710 e. The molecule has 0 radical (unpaired) electrons. The molecule has 2 unspecified atom stereocenters. The zero-order valence-electron chi connectivity index (χ0n) is 14.7. The normalized spacial score (nSPS) is 29.2. The quantitative estimate of drug-likeness (QED) is 0.442. The van der Waals surface area contributed by atoms with Crippen LogP contribution in [0.5, 0.6) is 0 Å². The van der Waals surface area contributed by atoms with Gasteiger partial charge in [0.2, 0.25) is 0 Å². The van der Waals surface area contributed by atoms with Crippen LogP contribution in [0.25, 0.3) is 0 Å². The van der Waals surface area contributed by atoms with E-state index >= 15 is 0 Å². The number of hydrogen-bond donors (Lipinski definition) is 0. The van der Waals surface area contributed by atoms with Crippen LogP contribution in [0.4, 0.5) is 0 Å². The molecule has 0 bridgehead atoms. The maximum Gasteiger partial charge on any atom is -0.0200 e. The Hall–Kier alpha value is -0.260. The summed E-state index contributed by atoms with van der Waals surface area (Å²) < 4.78 is 0. The van der Waals surface area contributed by atoms with Gasteiger partial charge in [-0.2, -0.15) is 0 Å².